The van der Waals surface area contributed by atoms with Gasteiger partial charge in [-0.05, 0) is 47.5 Å². The van der Waals surface area contributed by atoms with Gasteiger partial charge in [0, 0.05) is 4.90 Å². The zero-order valence-electron chi connectivity index (χ0n) is 10.2. The first-order chi connectivity index (χ1) is 8.72. The lowest BCUT2D eigenvalue weighted by Crippen LogP contribution is -1.88. The van der Waals surface area contributed by atoms with Crippen molar-refractivity contribution in [2.24, 2.45) is 4.99 Å². The summed E-state index contributed by atoms with van der Waals surface area (Å²) < 4.78 is 0.856. The van der Waals surface area contributed by atoms with E-state index in [-0.39, 0.29) is 5.12 Å². The summed E-state index contributed by atoms with van der Waals surface area (Å²) in [6, 6.07) is 8.12. The number of hydrogen-bond donors (Lipinski definition) is 0. The number of benzene rings is 1. The normalized spacial score (nSPS) is 17.3. The molecule has 94 valence electrons. The molecule has 0 bridgehead atoms. The molecule has 0 N–H and O–H groups in total. The Morgan fingerprint density at radius 2 is 2.06 bits per heavy atom. The van der Waals surface area contributed by atoms with Gasteiger partial charge in [0.15, 0.2) is 0 Å². The maximum atomic E-state index is 11.7. The summed E-state index contributed by atoms with van der Waals surface area (Å²) in [4.78, 5) is 17.3. The van der Waals surface area contributed by atoms with Crippen molar-refractivity contribution < 1.29 is 4.79 Å². The first-order valence-corrected chi connectivity index (χ1v) is 8.55. The van der Waals surface area contributed by atoms with E-state index in [1.165, 1.54) is 16.7 Å². The summed E-state index contributed by atoms with van der Waals surface area (Å²) in [6.45, 7) is 2.06. The Hall–Kier alpha value is -0.650. The number of nitrogens with zero attached hydrogens (tertiary/aromatic N) is 1. The van der Waals surface area contributed by atoms with Gasteiger partial charge in [-0.3, -0.25) is 4.79 Å². The maximum absolute atomic E-state index is 11.7. The molecule has 0 radical (unpaired) electrons. The highest BCUT2D eigenvalue weighted by Gasteiger charge is 2.21. The molecule has 1 heterocycles. The molecule has 1 aromatic carbocycles. The van der Waals surface area contributed by atoms with Crippen LogP contribution in [-0.4, -0.2) is 21.5 Å². The molecule has 5 heteroatoms. The largest absolute Gasteiger partial charge is 0.279 e. The van der Waals surface area contributed by atoms with Crippen molar-refractivity contribution in [2.75, 3.05) is 12.0 Å². The summed E-state index contributed by atoms with van der Waals surface area (Å²) in [5, 5.41) is 0.0416. The standard InChI is InChI=1S/C13H13NOS3/c1-3-17-13-14-11(12(15)18-13)8-9-4-6-10(16-2)7-5-9/h4-8H,3H2,1-2H3. The Morgan fingerprint density at radius 1 is 1.33 bits per heavy atom. The van der Waals surface area contributed by atoms with Gasteiger partial charge >= 0.3 is 0 Å². The van der Waals surface area contributed by atoms with Gasteiger partial charge in [-0.15, -0.1) is 11.8 Å². The molecular formula is C13H13NOS3. The van der Waals surface area contributed by atoms with E-state index in [1.54, 1.807) is 23.5 Å². The molecule has 0 aliphatic carbocycles. The number of aliphatic imine (C=N–C) groups is 1. The Morgan fingerprint density at radius 3 is 2.67 bits per heavy atom. The van der Waals surface area contributed by atoms with Crippen LogP contribution < -0.4 is 0 Å². The van der Waals surface area contributed by atoms with E-state index >= 15 is 0 Å². The van der Waals surface area contributed by atoms with E-state index in [4.69, 9.17) is 0 Å². The second kappa shape index (κ2) is 6.50. The molecule has 0 atom stereocenters. The van der Waals surface area contributed by atoms with Crippen molar-refractivity contribution in [2.45, 2.75) is 11.8 Å². The average molecular weight is 295 g/mol. The van der Waals surface area contributed by atoms with Crippen LogP contribution in [0.25, 0.3) is 6.08 Å². The van der Waals surface area contributed by atoms with Crippen LogP contribution in [0.4, 0.5) is 0 Å². The van der Waals surface area contributed by atoms with Gasteiger partial charge in [-0.2, -0.15) is 0 Å². The fourth-order valence-corrected chi connectivity index (χ4v) is 3.58. The van der Waals surface area contributed by atoms with E-state index < -0.39 is 0 Å². The van der Waals surface area contributed by atoms with E-state index in [2.05, 4.69) is 24.0 Å². The fourth-order valence-electron chi connectivity index (χ4n) is 1.43. The molecule has 0 amide bonds. The Kier molecular flexibility index (Phi) is 4.97. The molecule has 2 rings (SSSR count). The van der Waals surface area contributed by atoms with Crippen molar-refractivity contribution in [1.82, 2.24) is 0 Å². The smallest absolute Gasteiger partial charge is 0.244 e. The SMILES string of the molecule is CCSC1=NC(=Cc2ccc(SC)cc2)C(=O)S1. The molecule has 0 saturated carbocycles. The van der Waals surface area contributed by atoms with Crippen LogP contribution in [0.15, 0.2) is 39.9 Å². The van der Waals surface area contributed by atoms with Crippen LogP contribution in [-0.2, 0) is 4.79 Å². The third-order valence-electron chi connectivity index (χ3n) is 2.29. The third kappa shape index (κ3) is 3.43. The molecule has 0 fully saturated rings. The molecule has 0 spiro atoms. The molecule has 1 aliphatic rings. The highest BCUT2D eigenvalue weighted by atomic mass is 32.2. The topological polar surface area (TPSA) is 29.4 Å². The number of rotatable bonds is 3. The Bertz CT molecular complexity index is 505. The van der Waals surface area contributed by atoms with Crippen molar-refractivity contribution in [3.8, 4) is 0 Å². The van der Waals surface area contributed by atoms with Gasteiger partial charge in [0.05, 0.1) is 0 Å². The van der Waals surface area contributed by atoms with Gasteiger partial charge < -0.3 is 0 Å². The minimum absolute atomic E-state index is 0.0416. The number of thioether (sulfide) groups is 3. The van der Waals surface area contributed by atoms with Crippen molar-refractivity contribution in [3.05, 3.63) is 35.5 Å². The molecule has 2 nitrogen and oxygen atoms in total. The predicted octanol–water partition coefficient (Wildman–Crippen LogP) is 4.13. The zero-order valence-corrected chi connectivity index (χ0v) is 12.6. The Labute approximate surface area is 120 Å². The highest BCUT2D eigenvalue weighted by molar-refractivity contribution is 8.45. The lowest BCUT2D eigenvalue weighted by atomic mass is 10.2. The molecule has 18 heavy (non-hydrogen) atoms. The summed E-state index contributed by atoms with van der Waals surface area (Å²) in [5.41, 5.74) is 1.57. The lowest BCUT2D eigenvalue weighted by molar-refractivity contribution is -0.107. The van der Waals surface area contributed by atoms with Crippen LogP contribution in [0.1, 0.15) is 12.5 Å². The van der Waals surface area contributed by atoms with Crippen LogP contribution in [0.3, 0.4) is 0 Å². The molecule has 1 aromatic rings. The molecule has 0 saturated heterocycles. The van der Waals surface area contributed by atoms with Crippen LogP contribution in [0.2, 0.25) is 0 Å². The minimum Gasteiger partial charge on any atom is -0.279 e. The molecule has 0 unspecified atom stereocenters. The number of carbonyl (C=O) groups is 1. The van der Waals surface area contributed by atoms with E-state index in [0.29, 0.717) is 5.70 Å². The Balaban J connectivity index is 2.19. The second-order valence-corrected chi connectivity index (χ2v) is 6.86. The quantitative estimate of drug-likeness (QED) is 0.619. The average Bonchev–Trinajstić information content (AvgIpc) is 2.71. The first-order valence-electron chi connectivity index (χ1n) is 5.52. The molecule has 1 aliphatic heterocycles. The zero-order chi connectivity index (χ0) is 13.0. The monoisotopic (exact) mass is 295 g/mol. The lowest BCUT2D eigenvalue weighted by Gasteiger charge is -1.97. The number of hydrogen-bond acceptors (Lipinski definition) is 5. The van der Waals surface area contributed by atoms with Crippen LogP contribution >= 0.6 is 35.3 Å². The van der Waals surface area contributed by atoms with Crippen molar-refractivity contribution in [3.63, 3.8) is 0 Å². The number of carbonyl (C=O) groups excluding carboxylic acids is 1. The van der Waals surface area contributed by atoms with Crippen LogP contribution in [0, 0.1) is 0 Å². The van der Waals surface area contributed by atoms with Gasteiger partial charge in [0.2, 0.25) is 5.12 Å². The van der Waals surface area contributed by atoms with Gasteiger partial charge in [-0.25, -0.2) is 4.99 Å². The maximum Gasteiger partial charge on any atom is 0.244 e. The minimum atomic E-state index is 0.0416. The predicted molar refractivity (Wildman–Crippen MR) is 84.4 cm³/mol. The van der Waals surface area contributed by atoms with Crippen molar-refractivity contribution in [1.29, 1.82) is 0 Å². The van der Waals surface area contributed by atoms with Crippen molar-refractivity contribution >= 4 is 50.9 Å². The molecule has 0 aromatic heterocycles. The first kappa shape index (κ1) is 13.8. The summed E-state index contributed by atoms with van der Waals surface area (Å²) in [6.07, 6.45) is 3.89. The second-order valence-electron chi connectivity index (χ2n) is 3.50. The van der Waals surface area contributed by atoms with E-state index in [9.17, 15) is 4.79 Å². The summed E-state index contributed by atoms with van der Waals surface area (Å²) in [5.74, 6) is 0.939. The fraction of sp³-hybridized carbons (Fsp3) is 0.231. The molecular weight excluding hydrogens is 282 g/mol. The third-order valence-corrected chi connectivity index (χ3v) is 4.92. The summed E-state index contributed by atoms with van der Waals surface area (Å²) in [7, 11) is 0. The van der Waals surface area contributed by atoms with E-state index in [1.807, 2.05) is 24.5 Å². The van der Waals surface area contributed by atoms with Gasteiger partial charge in [0.1, 0.15) is 10.1 Å². The van der Waals surface area contributed by atoms with Crippen LogP contribution in [0.5, 0.6) is 0 Å². The van der Waals surface area contributed by atoms with Gasteiger partial charge in [-0.1, -0.05) is 30.8 Å². The summed E-state index contributed by atoms with van der Waals surface area (Å²) >= 11 is 4.54. The highest BCUT2D eigenvalue weighted by Crippen LogP contribution is 2.30. The van der Waals surface area contributed by atoms with E-state index in [0.717, 1.165) is 15.7 Å². The van der Waals surface area contributed by atoms with Gasteiger partial charge in [0.25, 0.3) is 0 Å².